The summed E-state index contributed by atoms with van der Waals surface area (Å²) in [4.78, 5) is 3.96. The van der Waals surface area contributed by atoms with Gasteiger partial charge in [0.25, 0.3) is 0 Å². The SMILES string of the molecule is Cc1cc(N=S)nn1Cc1ncccc1F. The van der Waals surface area contributed by atoms with E-state index < -0.39 is 0 Å². The first-order chi connectivity index (χ1) is 7.70. The maximum atomic E-state index is 13.3. The number of aromatic nitrogens is 3. The topological polar surface area (TPSA) is 43.1 Å². The van der Waals surface area contributed by atoms with E-state index in [0.29, 0.717) is 11.5 Å². The third-order valence-electron chi connectivity index (χ3n) is 2.20. The van der Waals surface area contributed by atoms with E-state index in [9.17, 15) is 4.39 Å². The Morgan fingerprint density at radius 2 is 2.38 bits per heavy atom. The number of rotatable bonds is 3. The Morgan fingerprint density at radius 1 is 1.56 bits per heavy atom. The molecule has 0 amide bonds. The first kappa shape index (κ1) is 10.8. The van der Waals surface area contributed by atoms with Crippen LogP contribution in [0.2, 0.25) is 0 Å². The lowest BCUT2D eigenvalue weighted by Gasteiger charge is -2.03. The van der Waals surface area contributed by atoms with Gasteiger partial charge in [0.2, 0.25) is 0 Å². The summed E-state index contributed by atoms with van der Waals surface area (Å²) in [5.74, 6) is 0.123. The average Bonchev–Trinajstić information content (AvgIpc) is 2.63. The lowest BCUT2D eigenvalue weighted by Crippen LogP contribution is -2.07. The molecule has 0 aliphatic heterocycles. The van der Waals surface area contributed by atoms with Crippen molar-refractivity contribution in [2.45, 2.75) is 13.5 Å². The highest BCUT2D eigenvalue weighted by molar-refractivity contribution is 7.47. The third kappa shape index (κ3) is 2.11. The molecule has 0 aliphatic rings. The number of halogens is 1. The van der Waals surface area contributed by atoms with E-state index in [4.69, 9.17) is 0 Å². The molecule has 0 aliphatic carbocycles. The van der Waals surface area contributed by atoms with Crippen molar-refractivity contribution in [1.29, 1.82) is 0 Å². The summed E-state index contributed by atoms with van der Waals surface area (Å²) in [7, 11) is 0. The second-order valence-corrected chi connectivity index (χ2v) is 3.51. The Bertz CT molecular complexity index is 523. The van der Waals surface area contributed by atoms with Gasteiger partial charge in [-0.25, -0.2) is 4.39 Å². The fourth-order valence-electron chi connectivity index (χ4n) is 1.37. The van der Waals surface area contributed by atoms with Crippen molar-refractivity contribution in [2.75, 3.05) is 0 Å². The van der Waals surface area contributed by atoms with Gasteiger partial charge in [0.05, 0.1) is 12.2 Å². The predicted molar refractivity (Wildman–Crippen MR) is 59.7 cm³/mol. The van der Waals surface area contributed by atoms with Crippen LogP contribution >= 0.6 is 0 Å². The van der Waals surface area contributed by atoms with Crippen molar-refractivity contribution in [1.82, 2.24) is 14.8 Å². The molecule has 16 heavy (non-hydrogen) atoms. The number of hydrogen-bond donors (Lipinski definition) is 0. The monoisotopic (exact) mass is 236 g/mol. The predicted octanol–water partition coefficient (Wildman–Crippen LogP) is 2.14. The van der Waals surface area contributed by atoms with E-state index in [0.717, 1.165) is 5.69 Å². The number of hydrogen-bond acceptors (Lipinski definition) is 4. The Kier molecular flexibility index (Phi) is 3.00. The number of nitrogens with zero attached hydrogens (tertiary/aromatic N) is 4. The highest BCUT2D eigenvalue weighted by Crippen LogP contribution is 2.13. The minimum atomic E-state index is -0.339. The van der Waals surface area contributed by atoms with Crippen molar-refractivity contribution in [3.05, 3.63) is 41.6 Å². The first-order valence-corrected chi connectivity index (χ1v) is 5.04. The largest absolute Gasteiger partial charge is 0.262 e. The van der Waals surface area contributed by atoms with Gasteiger partial charge in [0.15, 0.2) is 5.82 Å². The Balaban J connectivity index is 2.30. The maximum Gasteiger partial charge on any atom is 0.187 e. The smallest absolute Gasteiger partial charge is 0.187 e. The molecule has 0 saturated heterocycles. The van der Waals surface area contributed by atoms with Gasteiger partial charge in [-0.15, -0.1) is 0 Å². The zero-order valence-corrected chi connectivity index (χ0v) is 9.41. The van der Waals surface area contributed by atoms with Gasteiger partial charge in [-0.05, 0) is 19.1 Å². The van der Waals surface area contributed by atoms with E-state index in [2.05, 4.69) is 26.9 Å². The van der Waals surface area contributed by atoms with Gasteiger partial charge in [0, 0.05) is 30.4 Å². The van der Waals surface area contributed by atoms with E-state index >= 15 is 0 Å². The Labute approximate surface area is 97.3 Å². The minimum absolute atomic E-state index is 0.281. The minimum Gasteiger partial charge on any atom is -0.262 e. The third-order valence-corrected chi connectivity index (χ3v) is 2.38. The molecule has 0 fully saturated rings. The van der Waals surface area contributed by atoms with Crippen LogP contribution in [0, 0.1) is 12.7 Å². The number of pyridine rings is 1. The number of aryl methyl sites for hydroxylation is 1. The molecule has 0 radical (unpaired) electrons. The summed E-state index contributed by atoms with van der Waals surface area (Å²) in [6.45, 7) is 2.14. The second kappa shape index (κ2) is 4.44. The molecule has 0 N–H and O–H groups in total. The van der Waals surface area contributed by atoms with Crippen molar-refractivity contribution in [3.63, 3.8) is 0 Å². The summed E-state index contributed by atoms with van der Waals surface area (Å²) in [5.41, 5.74) is 1.22. The normalized spacial score (nSPS) is 10.4. The maximum absolute atomic E-state index is 13.3. The van der Waals surface area contributed by atoms with E-state index in [1.807, 2.05) is 6.92 Å². The van der Waals surface area contributed by atoms with Crippen LogP contribution < -0.4 is 0 Å². The first-order valence-electron chi connectivity index (χ1n) is 4.68. The quantitative estimate of drug-likeness (QED) is 0.820. The van der Waals surface area contributed by atoms with Crippen LogP contribution in [0.5, 0.6) is 0 Å². The molecule has 0 saturated carbocycles. The van der Waals surface area contributed by atoms with Crippen molar-refractivity contribution in [2.24, 2.45) is 4.36 Å². The molecular weight excluding hydrogens is 227 g/mol. The zero-order valence-electron chi connectivity index (χ0n) is 8.59. The zero-order chi connectivity index (χ0) is 11.5. The van der Waals surface area contributed by atoms with Crippen LogP contribution in [-0.4, -0.2) is 14.8 Å². The van der Waals surface area contributed by atoms with Crippen molar-refractivity contribution < 1.29 is 4.39 Å². The van der Waals surface area contributed by atoms with Crippen LogP contribution in [0.1, 0.15) is 11.4 Å². The molecule has 0 unspecified atom stereocenters. The lowest BCUT2D eigenvalue weighted by molar-refractivity contribution is 0.566. The lowest BCUT2D eigenvalue weighted by atomic mass is 10.3. The molecule has 0 bridgehead atoms. The summed E-state index contributed by atoms with van der Waals surface area (Å²) in [6.07, 6.45) is 1.55. The van der Waals surface area contributed by atoms with Crippen LogP contribution in [0.25, 0.3) is 0 Å². The molecule has 2 aromatic rings. The van der Waals surface area contributed by atoms with Gasteiger partial charge in [-0.1, -0.05) is 0 Å². The van der Waals surface area contributed by atoms with Crippen LogP contribution in [0.4, 0.5) is 10.2 Å². The summed E-state index contributed by atoms with van der Waals surface area (Å²) >= 11 is 4.54. The summed E-state index contributed by atoms with van der Waals surface area (Å²) < 4.78 is 18.5. The average molecular weight is 236 g/mol. The van der Waals surface area contributed by atoms with Gasteiger partial charge >= 0.3 is 0 Å². The van der Waals surface area contributed by atoms with Crippen molar-refractivity contribution >= 4 is 18.2 Å². The standard InChI is InChI=1S/C10H9FN4S/c1-7-5-10(14-16)13-15(7)6-9-8(11)3-2-4-12-9/h2-5H,6H2,1H3. The molecule has 0 atom stereocenters. The molecule has 4 nitrogen and oxygen atoms in total. The highest BCUT2D eigenvalue weighted by Gasteiger charge is 2.07. The Morgan fingerprint density at radius 3 is 3.00 bits per heavy atom. The fourth-order valence-corrected chi connectivity index (χ4v) is 1.46. The molecule has 2 heterocycles. The summed E-state index contributed by atoms with van der Waals surface area (Å²) in [6, 6.07) is 4.67. The molecular formula is C10H9FN4S. The summed E-state index contributed by atoms with van der Waals surface area (Å²) in [5, 5.41) is 4.10. The molecule has 2 aromatic heterocycles. The molecule has 6 heteroatoms. The van der Waals surface area contributed by atoms with Crippen LogP contribution in [0.15, 0.2) is 28.8 Å². The van der Waals surface area contributed by atoms with Gasteiger partial charge < -0.3 is 0 Å². The van der Waals surface area contributed by atoms with E-state index in [1.54, 1.807) is 23.0 Å². The van der Waals surface area contributed by atoms with Crippen molar-refractivity contribution in [3.8, 4) is 0 Å². The molecule has 0 spiro atoms. The van der Waals surface area contributed by atoms with E-state index in [-0.39, 0.29) is 12.4 Å². The fraction of sp³-hybridized carbons (Fsp3) is 0.200. The van der Waals surface area contributed by atoms with E-state index in [1.165, 1.54) is 6.07 Å². The Hall–Kier alpha value is -1.69. The van der Waals surface area contributed by atoms with Crippen LogP contribution in [0.3, 0.4) is 0 Å². The molecule has 0 aromatic carbocycles. The van der Waals surface area contributed by atoms with Gasteiger partial charge in [-0.3, -0.25) is 9.67 Å². The second-order valence-electron chi connectivity index (χ2n) is 3.32. The molecule has 2 rings (SSSR count). The van der Waals surface area contributed by atoms with Gasteiger partial charge in [-0.2, -0.15) is 9.46 Å². The van der Waals surface area contributed by atoms with Gasteiger partial charge in [0.1, 0.15) is 5.82 Å². The van der Waals surface area contributed by atoms with Crippen LogP contribution in [-0.2, 0) is 19.0 Å². The molecule has 82 valence electrons. The highest BCUT2D eigenvalue weighted by atomic mass is 32.1.